The number of likely N-dealkylation sites (N-methyl/N-ethyl adjacent to an activating group) is 1. The molecule has 1 aliphatic carbocycles. The number of hydrogen-bond acceptors (Lipinski definition) is 3. The van der Waals surface area contributed by atoms with E-state index in [9.17, 15) is 4.79 Å². The summed E-state index contributed by atoms with van der Waals surface area (Å²) in [5, 5.41) is 4.40. The topological polar surface area (TPSA) is 64.2 Å². The van der Waals surface area contributed by atoms with Crippen LogP contribution in [0.3, 0.4) is 0 Å². The Labute approximate surface area is 95.2 Å². The molecule has 88 valence electrons. The average Bonchev–Trinajstić information content (AvgIpc) is 2.61. The molecule has 1 atom stereocenters. The molecule has 5 nitrogen and oxygen atoms in total. The highest BCUT2D eigenvalue weighted by atomic mass is 16.2. The first-order valence-corrected chi connectivity index (χ1v) is 5.60. The van der Waals surface area contributed by atoms with Crippen molar-refractivity contribution >= 4 is 5.91 Å². The van der Waals surface area contributed by atoms with E-state index in [0.29, 0.717) is 6.54 Å². The summed E-state index contributed by atoms with van der Waals surface area (Å²) in [6.07, 6.45) is 5.09. The van der Waals surface area contributed by atoms with Crippen LogP contribution in [0.4, 0.5) is 0 Å². The van der Waals surface area contributed by atoms with Crippen molar-refractivity contribution < 1.29 is 4.79 Å². The highest BCUT2D eigenvalue weighted by Crippen LogP contribution is 2.26. The zero-order valence-electron chi connectivity index (χ0n) is 9.81. The third-order valence-corrected chi connectivity index (χ3v) is 2.98. The van der Waals surface area contributed by atoms with E-state index in [-0.39, 0.29) is 11.9 Å². The number of fused-ring (bicyclic) bond motifs is 1. The molecule has 0 radical (unpaired) electrons. The van der Waals surface area contributed by atoms with Crippen LogP contribution < -0.4 is 5.73 Å². The van der Waals surface area contributed by atoms with Gasteiger partial charge in [0, 0.05) is 26.3 Å². The molecule has 0 bridgehead atoms. The molecule has 16 heavy (non-hydrogen) atoms. The van der Waals surface area contributed by atoms with Gasteiger partial charge in [-0.2, -0.15) is 5.10 Å². The van der Waals surface area contributed by atoms with E-state index in [1.54, 1.807) is 23.7 Å². The van der Waals surface area contributed by atoms with Gasteiger partial charge in [-0.05, 0) is 24.8 Å². The van der Waals surface area contributed by atoms with E-state index in [0.717, 1.165) is 25.0 Å². The van der Waals surface area contributed by atoms with Crippen LogP contribution in [0.2, 0.25) is 0 Å². The lowest BCUT2D eigenvalue weighted by molar-refractivity contribution is -0.129. The highest BCUT2D eigenvalue weighted by molar-refractivity contribution is 5.75. The van der Waals surface area contributed by atoms with Gasteiger partial charge in [-0.1, -0.05) is 0 Å². The van der Waals surface area contributed by atoms with E-state index >= 15 is 0 Å². The van der Waals surface area contributed by atoms with Crippen LogP contribution in [0.15, 0.2) is 6.20 Å². The Morgan fingerprint density at radius 2 is 2.44 bits per heavy atom. The predicted octanol–water partition coefficient (Wildman–Crippen LogP) is 0.307. The van der Waals surface area contributed by atoms with Gasteiger partial charge in [-0.15, -0.1) is 0 Å². The molecule has 0 saturated carbocycles. The van der Waals surface area contributed by atoms with E-state index in [4.69, 9.17) is 5.73 Å². The highest BCUT2D eigenvalue weighted by Gasteiger charge is 2.21. The maximum Gasteiger partial charge on any atom is 0.243 e. The van der Waals surface area contributed by atoms with E-state index in [2.05, 4.69) is 5.10 Å². The van der Waals surface area contributed by atoms with Crippen molar-refractivity contribution in [3.05, 3.63) is 17.5 Å². The van der Waals surface area contributed by atoms with Crippen LogP contribution in [-0.2, 0) is 17.8 Å². The third-order valence-electron chi connectivity index (χ3n) is 2.98. The van der Waals surface area contributed by atoms with Crippen LogP contribution in [0, 0.1) is 0 Å². The number of amides is 1. The summed E-state index contributed by atoms with van der Waals surface area (Å²) in [5.41, 5.74) is 8.15. The second kappa shape index (κ2) is 4.25. The van der Waals surface area contributed by atoms with Gasteiger partial charge in [0.1, 0.15) is 6.54 Å². The minimum Gasteiger partial charge on any atom is -0.347 e. The molecule has 1 aromatic rings. The molecule has 0 saturated heterocycles. The van der Waals surface area contributed by atoms with Crippen LogP contribution in [0.1, 0.15) is 30.1 Å². The number of aromatic nitrogens is 2. The van der Waals surface area contributed by atoms with Gasteiger partial charge in [0.05, 0.1) is 5.69 Å². The molecule has 0 aromatic carbocycles. The molecule has 2 rings (SSSR count). The Kier molecular flexibility index (Phi) is 2.96. The Hall–Kier alpha value is -1.36. The normalized spacial score (nSPS) is 19.3. The van der Waals surface area contributed by atoms with Gasteiger partial charge in [-0.3, -0.25) is 9.48 Å². The number of hydrogen-bond donors (Lipinski definition) is 1. The van der Waals surface area contributed by atoms with E-state index in [1.807, 2.05) is 6.20 Å². The summed E-state index contributed by atoms with van der Waals surface area (Å²) < 4.78 is 1.71. The molecule has 5 heteroatoms. The van der Waals surface area contributed by atoms with Crippen molar-refractivity contribution in [3.63, 3.8) is 0 Å². The van der Waals surface area contributed by atoms with Crippen molar-refractivity contribution in [3.8, 4) is 0 Å². The molecule has 2 N–H and O–H groups in total. The first-order valence-electron chi connectivity index (χ1n) is 5.60. The number of rotatable bonds is 2. The fraction of sp³-hybridized carbons (Fsp3) is 0.636. The lowest BCUT2D eigenvalue weighted by Gasteiger charge is -2.15. The summed E-state index contributed by atoms with van der Waals surface area (Å²) in [6, 6.07) is 0.0412. The maximum atomic E-state index is 11.5. The first-order chi connectivity index (χ1) is 7.58. The molecule has 1 aliphatic rings. The van der Waals surface area contributed by atoms with Crippen LogP contribution in [0.5, 0.6) is 0 Å². The smallest absolute Gasteiger partial charge is 0.243 e. The van der Waals surface area contributed by atoms with Crippen LogP contribution in [-0.4, -0.2) is 34.7 Å². The zero-order valence-corrected chi connectivity index (χ0v) is 9.81. The molecule has 1 aromatic heterocycles. The van der Waals surface area contributed by atoms with Gasteiger partial charge in [0.2, 0.25) is 5.91 Å². The number of carbonyl (C=O) groups is 1. The summed E-state index contributed by atoms with van der Waals surface area (Å²) >= 11 is 0. The van der Waals surface area contributed by atoms with Crippen molar-refractivity contribution in [2.45, 2.75) is 31.8 Å². The van der Waals surface area contributed by atoms with Gasteiger partial charge >= 0.3 is 0 Å². The fourth-order valence-electron chi connectivity index (χ4n) is 1.99. The lowest BCUT2D eigenvalue weighted by atomic mass is 9.95. The second-order valence-corrected chi connectivity index (χ2v) is 4.52. The van der Waals surface area contributed by atoms with Crippen molar-refractivity contribution in [1.82, 2.24) is 14.7 Å². The summed E-state index contributed by atoms with van der Waals surface area (Å²) in [4.78, 5) is 13.1. The molecule has 1 heterocycles. The third kappa shape index (κ3) is 2.09. The fourth-order valence-corrected chi connectivity index (χ4v) is 1.99. The number of nitrogens with zero attached hydrogens (tertiary/aromatic N) is 3. The predicted molar refractivity (Wildman–Crippen MR) is 60.8 cm³/mol. The zero-order chi connectivity index (χ0) is 11.7. The Morgan fingerprint density at radius 3 is 3.06 bits per heavy atom. The molecule has 0 aliphatic heterocycles. The average molecular weight is 222 g/mol. The monoisotopic (exact) mass is 222 g/mol. The van der Waals surface area contributed by atoms with Crippen LogP contribution in [0.25, 0.3) is 0 Å². The summed E-state index contributed by atoms with van der Waals surface area (Å²) in [5.74, 6) is 0.0495. The summed E-state index contributed by atoms with van der Waals surface area (Å²) in [7, 11) is 3.49. The van der Waals surface area contributed by atoms with E-state index < -0.39 is 0 Å². The van der Waals surface area contributed by atoms with Crippen LogP contribution >= 0.6 is 0 Å². The molecular weight excluding hydrogens is 204 g/mol. The maximum absolute atomic E-state index is 11.5. The van der Waals surface area contributed by atoms with Gasteiger partial charge < -0.3 is 10.6 Å². The second-order valence-electron chi connectivity index (χ2n) is 4.52. The van der Waals surface area contributed by atoms with Gasteiger partial charge in [0.15, 0.2) is 0 Å². The lowest BCUT2D eigenvalue weighted by Crippen LogP contribution is -2.26. The van der Waals surface area contributed by atoms with E-state index in [1.165, 1.54) is 5.56 Å². The molecule has 0 fully saturated rings. The van der Waals surface area contributed by atoms with Crippen molar-refractivity contribution in [2.75, 3.05) is 14.1 Å². The Morgan fingerprint density at radius 1 is 1.69 bits per heavy atom. The molecular formula is C11H18N4O. The molecule has 1 amide bonds. The quantitative estimate of drug-likeness (QED) is 0.783. The minimum atomic E-state index is 0.0412. The number of nitrogens with two attached hydrogens (primary N) is 1. The molecule has 0 spiro atoms. The SMILES string of the molecule is CN(C)C(=O)Cn1cc2c(n1)[C@@H](N)CCC2. The largest absolute Gasteiger partial charge is 0.347 e. The van der Waals surface area contributed by atoms with Crippen molar-refractivity contribution in [2.24, 2.45) is 5.73 Å². The van der Waals surface area contributed by atoms with Crippen molar-refractivity contribution in [1.29, 1.82) is 0 Å². The minimum absolute atomic E-state index is 0.0412. The van der Waals surface area contributed by atoms with Gasteiger partial charge in [0.25, 0.3) is 0 Å². The number of carbonyl (C=O) groups excluding carboxylic acids is 1. The Bertz CT molecular complexity index is 397. The Balaban J connectivity index is 2.15. The summed E-state index contributed by atoms with van der Waals surface area (Å²) in [6.45, 7) is 0.298. The van der Waals surface area contributed by atoms with Gasteiger partial charge in [-0.25, -0.2) is 0 Å². The molecule has 0 unspecified atom stereocenters. The first kappa shape index (κ1) is 11.1. The standard InChI is InChI=1S/C11H18N4O/c1-14(2)10(16)7-15-6-8-4-3-5-9(12)11(8)13-15/h6,9H,3-5,7,12H2,1-2H3/t9-/m0/s1. The number of aryl methyl sites for hydroxylation is 1.